The maximum Gasteiger partial charge on any atom is 0.446 e. The lowest BCUT2D eigenvalue weighted by Gasteiger charge is -2.58. The van der Waals surface area contributed by atoms with E-state index >= 15 is 0 Å². The summed E-state index contributed by atoms with van der Waals surface area (Å²) in [4.78, 5) is 13.8. The van der Waals surface area contributed by atoms with Gasteiger partial charge in [0.15, 0.2) is 0 Å². The van der Waals surface area contributed by atoms with Crippen LogP contribution in [0.3, 0.4) is 0 Å². The van der Waals surface area contributed by atoms with Gasteiger partial charge >= 0.3 is 6.18 Å². The number of carbonyl (C=O) groups excluding carboxylic acids is 1. The van der Waals surface area contributed by atoms with E-state index in [9.17, 15) is 23.4 Å². The number of nitrogens with two attached hydrogens (primary N) is 1. The number of aliphatic hydroxyl groups excluding tert-OH is 2. The summed E-state index contributed by atoms with van der Waals surface area (Å²) < 4.78 is 56.7. The van der Waals surface area contributed by atoms with Gasteiger partial charge < -0.3 is 39.0 Å². The minimum Gasteiger partial charge on any atom is -0.486 e. The summed E-state index contributed by atoms with van der Waals surface area (Å²) in [7, 11) is 4.57. The third kappa shape index (κ3) is 7.08. The SMILES string of the molecule is CCO[C@H]1CCC2[C@H]3Cc4ccc(CO)c5c4[C@@]2(CCN3C)C1O5.CCO[C@H]1CCC2[C@H]3Cc4ccc(CO)c5c4[C@@]2(CCN3C)C1O5.Cl.NCl.O=CC(F)(F)F. The molecule has 2 aromatic rings. The zero-order chi connectivity index (χ0) is 40.2. The van der Waals surface area contributed by atoms with Crippen LogP contribution in [0, 0.1) is 11.8 Å². The molecule has 10 nitrogen and oxygen atoms in total. The Labute approximate surface area is 345 Å². The number of halogens is 5. The number of aliphatic hydroxyl groups is 2. The fourth-order valence-corrected chi connectivity index (χ4v) is 12.5. The van der Waals surface area contributed by atoms with Gasteiger partial charge in [-0.1, -0.05) is 24.3 Å². The van der Waals surface area contributed by atoms with Gasteiger partial charge in [0.25, 0.3) is 0 Å². The van der Waals surface area contributed by atoms with Crippen LogP contribution >= 0.6 is 24.2 Å². The highest BCUT2D eigenvalue weighted by Crippen LogP contribution is 2.64. The van der Waals surface area contributed by atoms with Gasteiger partial charge in [0, 0.05) is 58.4 Å². The van der Waals surface area contributed by atoms with E-state index in [4.69, 9.17) is 23.7 Å². The number of aldehydes is 1. The molecule has 0 aromatic heterocycles. The number of hydrogen-bond donors (Lipinski definition) is 3. The molecule has 4 unspecified atom stereocenters. The molecule has 2 saturated heterocycles. The van der Waals surface area contributed by atoms with Crippen molar-refractivity contribution in [1.82, 2.24) is 9.80 Å². The molecular weight excluding hydrogens is 786 g/mol. The predicted octanol–water partition coefficient (Wildman–Crippen LogP) is 5.77. The predicted molar refractivity (Wildman–Crippen MR) is 212 cm³/mol. The Kier molecular flexibility index (Phi) is 13.6. The average Bonchev–Trinajstić information content (AvgIpc) is 3.74. The highest BCUT2D eigenvalue weighted by atomic mass is 35.5. The van der Waals surface area contributed by atoms with Gasteiger partial charge in [-0.2, -0.15) is 13.2 Å². The summed E-state index contributed by atoms with van der Waals surface area (Å²) in [5.41, 5.74) is 7.83. The summed E-state index contributed by atoms with van der Waals surface area (Å²) in [5.74, 6) is 3.28. The number of benzene rings is 2. The summed E-state index contributed by atoms with van der Waals surface area (Å²) >= 11 is 4.14. The number of piperidine rings is 2. The van der Waals surface area contributed by atoms with Crippen LogP contribution in [-0.4, -0.2) is 109 Å². The lowest BCUT2D eigenvalue weighted by molar-refractivity contribution is -0.156. The second-order valence-electron chi connectivity index (χ2n) is 16.7. The molecule has 4 aliphatic heterocycles. The van der Waals surface area contributed by atoms with Gasteiger partial charge in [0.05, 0.1) is 25.4 Å². The normalized spacial score (nSPS) is 34.5. The Bertz CT molecular complexity index is 1640. The van der Waals surface area contributed by atoms with Crippen LogP contribution in [0.25, 0.3) is 0 Å². The number of likely N-dealkylation sites (N-methyl/N-ethyl adjacent to an activating group) is 2. The third-order valence-electron chi connectivity index (χ3n) is 14.5. The van der Waals surface area contributed by atoms with Crippen molar-refractivity contribution in [2.45, 2.75) is 132 Å². The molecule has 4 aliphatic carbocycles. The molecule has 4 fully saturated rings. The lowest BCUT2D eigenvalue weighted by atomic mass is 9.51. The molecule has 0 amide bonds. The molecule has 0 radical (unpaired) electrons. The summed E-state index contributed by atoms with van der Waals surface area (Å²) in [6.45, 7) is 8.00. The van der Waals surface area contributed by atoms with Crippen molar-refractivity contribution in [3.05, 3.63) is 57.6 Å². The molecule has 4 heterocycles. The lowest BCUT2D eigenvalue weighted by Crippen LogP contribution is -2.66. The van der Waals surface area contributed by atoms with Gasteiger partial charge in [0.2, 0.25) is 6.29 Å². The molecule has 8 aliphatic rings. The first kappa shape index (κ1) is 44.4. The molecular formula is C42H58Cl2F3N3O7. The molecule has 4 N–H and O–H groups in total. The van der Waals surface area contributed by atoms with Crippen molar-refractivity contribution < 1.29 is 47.1 Å². The number of alkyl halides is 3. The Morgan fingerprint density at radius 1 is 0.789 bits per heavy atom. The second-order valence-corrected chi connectivity index (χ2v) is 16.7. The fourth-order valence-electron chi connectivity index (χ4n) is 12.5. The summed E-state index contributed by atoms with van der Waals surface area (Å²) in [5, 5.41) is 23.6. The van der Waals surface area contributed by atoms with E-state index in [1.54, 1.807) is 0 Å². The van der Waals surface area contributed by atoms with Crippen molar-refractivity contribution in [2.75, 3.05) is 40.4 Å². The quantitative estimate of drug-likeness (QED) is 0.244. The first-order valence-electron chi connectivity index (χ1n) is 20.2. The van der Waals surface area contributed by atoms with E-state index in [0.29, 0.717) is 23.9 Å². The van der Waals surface area contributed by atoms with Crippen LogP contribution < -0.4 is 14.7 Å². The van der Waals surface area contributed by atoms with Crippen LogP contribution in [-0.2, 0) is 51.2 Å². The van der Waals surface area contributed by atoms with E-state index < -0.39 is 12.5 Å². The smallest absolute Gasteiger partial charge is 0.446 e. The third-order valence-corrected chi connectivity index (χ3v) is 14.5. The Morgan fingerprint density at radius 3 is 1.51 bits per heavy atom. The highest BCUT2D eigenvalue weighted by Gasteiger charge is 2.67. The highest BCUT2D eigenvalue weighted by molar-refractivity contribution is 6.11. The van der Waals surface area contributed by atoms with Crippen molar-refractivity contribution in [1.29, 1.82) is 0 Å². The zero-order valence-electron chi connectivity index (χ0n) is 33.2. The number of ether oxygens (including phenoxy) is 4. The van der Waals surface area contributed by atoms with Gasteiger partial charge in [-0.15, -0.1) is 12.4 Å². The molecule has 15 heteroatoms. The Morgan fingerprint density at radius 2 is 1.18 bits per heavy atom. The van der Waals surface area contributed by atoms with Gasteiger partial charge in [0.1, 0.15) is 23.7 Å². The van der Waals surface area contributed by atoms with Crippen molar-refractivity contribution in [3.63, 3.8) is 0 Å². The Balaban J connectivity index is 0.000000161. The number of hydrogen-bond acceptors (Lipinski definition) is 10. The summed E-state index contributed by atoms with van der Waals surface area (Å²) in [6.07, 6.45) is 4.06. The largest absolute Gasteiger partial charge is 0.486 e. The number of rotatable bonds is 6. The molecule has 2 spiro atoms. The zero-order valence-corrected chi connectivity index (χ0v) is 34.8. The minimum atomic E-state index is -4.64. The topological polar surface area (TPSA) is 127 Å². The van der Waals surface area contributed by atoms with E-state index in [1.165, 1.54) is 35.1 Å². The van der Waals surface area contributed by atoms with Gasteiger partial charge in [-0.3, -0.25) is 4.79 Å². The Hall–Kier alpha value is -2.20. The van der Waals surface area contributed by atoms with Crippen LogP contribution in [0.4, 0.5) is 13.2 Å². The standard InChI is InChI=1S/2C20H27NO3.C2HF3O.ClH2N.ClH/c2*1-3-23-16-7-6-14-15-10-12-4-5-13(11-22)18-17(12)20(14,19(16)24-18)8-9-21(15)2;3-2(4,5)1-6;1-2;/h2*4-5,14-16,19,22H,3,6-11H2,1-2H3;1H;2H2;1H/t2*14?,15-,16+,19?,20+;;;/m11.../s1. The summed E-state index contributed by atoms with van der Waals surface area (Å²) in [6, 6.07) is 9.84. The first-order valence-corrected chi connectivity index (χ1v) is 20.6. The van der Waals surface area contributed by atoms with Crippen LogP contribution in [0.2, 0.25) is 0 Å². The number of carbonyl (C=O) groups is 1. The van der Waals surface area contributed by atoms with E-state index in [-0.39, 0.29) is 60.9 Å². The van der Waals surface area contributed by atoms with E-state index in [2.05, 4.69) is 79.0 Å². The number of likely N-dealkylation sites (tertiary alicyclic amines) is 2. The van der Waals surface area contributed by atoms with Crippen LogP contribution in [0.1, 0.15) is 85.8 Å². The van der Waals surface area contributed by atoms with Crippen molar-refractivity contribution in [3.8, 4) is 11.5 Å². The molecule has 4 bridgehead atoms. The van der Waals surface area contributed by atoms with Crippen LogP contribution in [0.15, 0.2) is 24.3 Å². The fraction of sp³-hybridized carbons (Fsp3) is 0.690. The monoisotopic (exact) mass is 843 g/mol. The molecule has 318 valence electrons. The molecule has 57 heavy (non-hydrogen) atoms. The molecule has 10 atom stereocenters. The molecule has 2 saturated carbocycles. The maximum absolute atomic E-state index is 10.4. The van der Waals surface area contributed by atoms with Crippen molar-refractivity contribution in [2.24, 2.45) is 17.1 Å². The van der Waals surface area contributed by atoms with Crippen LogP contribution in [0.5, 0.6) is 11.5 Å². The van der Waals surface area contributed by atoms with Crippen molar-refractivity contribution >= 4 is 30.5 Å². The van der Waals surface area contributed by atoms with E-state index in [0.717, 1.165) is 87.5 Å². The molecule has 10 rings (SSSR count). The van der Waals surface area contributed by atoms with Gasteiger partial charge in [-0.05, 0) is 127 Å². The maximum atomic E-state index is 10.4. The van der Waals surface area contributed by atoms with Gasteiger partial charge in [-0.25, -0.2) is 5.25 Å². The van der Waals surface area contributed by atoms with E-state index in [1.807, 2.05) is 0 Å². The number of nitrogens with zero attached hydrogens (tertiary/aromatic N) is 2. The first-order chi connectivity index (χ1) is 27.0. The average molecular weight is 845 g/mol. The second kappa shape index (κ2) is 17.4. The minimum absolute atomic E-state index is 0. The molecule has 2 aromatic carbocycles.